The lowest BCUT2D eigenvalue weighted by Gasteiger charge is -2.16. The molecule has 26 heavy (non-hydrogen) atoms. The molecule has 0 aliphatic carbocycles. The second-order valence-corrected chi connectivity index (χ2v) is 6.58. The second-order valence-electron chi connectivity index (χ2n) is 5.73. The Balaban J connectivity index is 1.94. The maximum atomic E-state index is 12.9. The van der Waals surface area contributed by atoms with Gasteiger partial charge in [0.05, 0.1) is 21.6 Å². The SMILES string of the molecule is O=c1c(-c2ccc(Cl)cc2)cn(Nc2ccccc2Cl)c2ccncc12. The minimum Gasteiger partial charge on any atom is -0.293 e. The molecule has 128 valence electrons. The van der Waals surface area contributed by atoms with Gasteiger partial charge in [0.25, 0.3) is 0 Å². The van der Waals surface area contributed by atoms with E-state index in [1.165, 1.54) is 0 Å². The quantitative estimate of drug-likeness (QED) is 0.527. The van der Waals surface area contributed by atoms with Crippen molar-refractivity contribution in [3.05, 3.63) is 93.5 Å². The number of benzene rings is 2. The van der Waals surface area contributed by atoms with Crippen molar-refractivity contribution in [3.63, 3.8) is 0 Å². The number of fused-ring (bicyclic) bond motifs is 1. The Bertz CT molecular complexity index is 1150. The molecule has 2 aromatic heterocycles. The molecule has 0 spiro atoms. The highest BCUT2D eigenvalue weighted by atomic mass is 35.5. The first-order valence-electron chi connectivity index (χ1n) is 7.90. The van der Waals surface area contributed by atoms with Crippen molar-refractivity contribution in [3.8, 4) is 11.1 Å². The van der Waals surface area contributed by atoms with Crippen molar-refractivity contribution in [2.45, 2.75) is 0 Å². The zero-order chi connectivity index (χ0) is 18.1. The highest BCUT2D eigenvalue weighted by Gasteiger charge is 2.12. The van der Waals surface area contributed by atoms with Crippen LogP contribution in [0.1, 0.15) is 0 Å². The van der Waals surface area contributed by atoms with Crippen molar-refractivity contribution in [2.24, 2.45) is 0 Å². The normalized spacial score (nSPS) is 10.8. The Labute approximate surface area is 159 Å². The molecule has 0 aliphatic rings. The zero-order valence-electron chi connectivity index (χ0n) is 13.5. The van der Waals surface area contributed by atoms with Gasteiger partial charge in [-0.3, -0.25) is 19.9 Å². The monoisotopic (exact) mass is 381 g/mol. The van der Waals surface area contributed by atoms with E-state index < -0.39 is 0 Å². The number of hydrogen-bond donors (Lipinski definition) is 1. The van der Waals surface area contributed by atoms with E-state index in [-0.39, 0.29) is 5.43 Å². The van der Waals surface area contributed by atoms with Crippen LogP contribution in [0.2, 0.25) is 10.0 Å². The van der Waals surface area contributed by atoms with Gasteiger partial charge in [0, 0.05) is 29.2 Å². The highest BCUT2D eigenvalue weighted by molar-refractivity contribution is 6.33. The van der Waals surface area contributed by atoms with E-state index >= 15 is 0 Å². The summed E-state index contributed by atoms with van der Waals surface area (Å²) < 4.78 is 1.78. The van der Waals surface area contributed by atoms with E-state index in [2.05, 4.69) is 10.4 Å². The number of pyridine rings is 2. The lowest BCUT2D eigenvalue weighted by atomic mass is 10.1. The lowest BCUT2D eigenvalue weighted by Crippen LogP contribution is -2.17. The van der Waals surface area contributed by atoms with Crippen LogP contribution >= 0.6 is 23.2 Å². The molecule has 0 atom stereocenters. The molecule has 0 saturated heterocycles. The fourth-order valence-electron chi connectivity index (χ4n) is 2.78. The smallest absolute Gasteiger partial charge is 0.198 e. The number of anilines is 1. The summed E-state index contributed by atoms with van der Waals surface area (Å²) in [5.74, 6) is 0. The van der Waals surface area contributed by atoms with E-state index in [1.807, 2.05) is 30.3 Å². The lowest BCUT2D eigenvalue weighted by molar-refractivity contribution is 0.992. The molecule has 0 bridgehead atoms. The molecule has 4 rings (SSSR count). The van der Waals surface area contributed by atoms with Gasteiger partial charge < -0.3 is 0 Å². The Morgan fingerprint density at radius 1 is 0.962 bits per heavy atom. The number of nitrogens with one attached hydrogen (secondary N) is 1. The third-order valence-electron chi connectivity index (χ3n) is 4.08. The van der Waals surface area contributed by atoms with Gasteiger partial charge in [-0.1, -0.05) is 47.5 Å². The fraction of sp³-hybridized carbons (Fsp3) is 0. The van der Waals surface area contributed by atoms with E-state index in [9.17, 15) is 4.79 Å². The minimum absolute atomic E-state index is 0.0902. The summed E-state index contributed by atoms with van der Waals surface area (Å²) in [6.45, 7) is 0. The number of halogens is 2. The number of hydrogen-bond acceptors (Lipinski definition) is 3. The summed E-state index contributed by atoms with van der Waals surface area (Å²) in [5, 5.41) is 1.71. The van der Waals surface area contributed by atoms with E-state index in [0.717, 1.165) is 11.3 Å². The standard InChI is InChI=1S/C20H13Cl2N3O/c21-14-7-5-13(6-8-14)16-12-25(24-18-4-2-1-3-17(18)22)19-9-10-23-11-15(19)20(16)26/h1-12,24H. The van der Waals surface area contributed by atoms with Crippen LogP contribution < -0.4 is 10.9 Å². The summed E-state index contributed by atoms with van der Waals surface area (Å²) in [6, 6.07) is 16.4. The summed E-state index contributed by atoms with van der Waals surface area (Å²) in [7, 11) is 0. The van der Waals surface area contributed by atoms with Gasteiger partial charge in [0.1, 0.15) is 0 Å². The predicted octanol–water partition coefficient (Wildman–Crippen LogP) is 5.25. The molecule has 0 saturated carbocycles. The summed E-state index contributed by atoms with van der Waals surface area (Å²) in [5.41, 5.74) is 5.93. The van der Waals surface area contributed by atoms with E-state index in [1.54, 1.807) is 47.5 Å². The number of nitrogens with zero attached hydrogens (tertiary/aromatic N) is 2. The Kier molecular flexibility index (Phi) is 4.37. The van der Waals surface area contributed by atoms with E-state index in [4.69, 9.17) is 23.2 Å². The first kappa shape index (κ1) is 16.6. The first-order chi connectivity index (χ1) is 12.6. The number of aromatic nitrogens is 2. The van der Waals surface area contributed by atoms with Crippen LogP contribution in [0.5, 0.6) is 0 Å². The van der Waals surface area contributed by atoms with Crippen LogP contribution in [0, 0.1) is 0 Å². The average Bonchev–Trinajstić information content (AvgIpc) is 2.67. The third-order valence-corrected chi connectivity index (χ3v) is 4.66. The predicted molar refractivity (Wildman–Crippen MR) is 107 cm³/mol. The summed E-state index contributed by atoms with van der Waals surface area (Å²) >= 11 is 12.2. The van der Waals surface area contributed by atoms with Gasteiger partial charge in [-0.25, -0.2) is 0 Å². The number of rotatable bonds is 3. The van der Waals surface area contributed by atoms with Crippen LogP contribution in [0.15, 0.2) is 78.0 Å². The van der Waals surface area contributed by atoms with Crippen LogP contribution in [-0.2, 0) is 0 Å². The fourth-order valence-corrected chi connectivity index (χ4v) is 3.09. The Hall–Kier alpha value is -2.82. The molecule has 4 aromatic rings. The maximum absolute atomic E-state index is 12.9. The number of para-hydroxylation sites is 1. The van der Waals surface area contributed by atoms with Crippen molar-refractivity contribution in [1.82, 2.24) is 9.66 Å². The van der Waals surface area contributed by atoms with Crippen LogP contribution in [-0.4, -0.2) is 9.66 Å². The van der Waals surface area contributed by atoms with Crippen LogP contribution in [0.4, 0.5) is 5.69 Å². The molecule has 4 nitrogen and oxygen atoms in total. The van der Waals surface area contributed by atoms with Crippen molar-refractivity contribution in [2.75, 3.05) is 5.43 Å². The molecule has 0 radical (unpaired) electrons. The van der Waals surface area contributed by atoms with Crippen molar-refractivity contribution >= 4 is 39.8 Å². The molecule has 0 amide bonds. The second kappa shape index (κ2) is 6.83. The van der Waals surface area contributed by atoms with Gasteiger partial charge >= 0.3 is 0 Å². The zero-order valence-corrected chi connectivity index (χ0v) is 15.0. The van der Waals surface area contributed by atoms with Crippen LogP contribution in [0.3, 0.4) is 0 Å². The van der Waals surface area contributed by atoms with Crippen molar-refractivity contribution < 1.29 is 0 Å². The van der Waals surface area contributed by atoms with Gasteiger partial charge in [-0.2, -0.15) is 0 Å². The maximum Gasteiger partial charge on any atom is 0.198 e. The largest absolute Gasteiger partial charge is 0.293 e. The molecule has 6 heteroatoms. The molecular weight excluding hydrogens is 369 g/mol. The molecule has 0 fully saturated rings. The van der Waals surface area contributed by atoms with Gasteiger partial charge in [-0.05, 0) is 35.9 Å². The third kappa shape index (κ3) is 3.05. The minimum atomic E-state index is -0.0902. The Morgan fingerprint density at radius 3 is 2.50 bits per heavy atom. The Morgan fingerprint density at radius 2 is 1.73 bits per heavy atom. The molecule has 0 unspecified atom stereocenters. The van der Waals surface area contributed by atoms with Crippen LogP contribution in [0.25, 0.3) is 22.0 Å². The van der Waals surface area contributed by atoms with Gasteiger partial charge in [0.15, 0.2) is 5.43 Å². The van der Waals surface area contributed by atoms with E-state index in [0.29, 0.717) is 26.5 Å². The highest BCUT2D eigenvalue weighted by Crippen LogP contribution is 2.24. The summed E-state index contributed by atoms with van der Waals surface area (Å²) in [4.78, 5) is 17.0. The van der Waals surface area contributed by atoms with Gasteiger partial charge in [-0.15, -0.1) is 0 Å². The summed E-state index contributed by atoms with van der Waals surface area (Å²) in [6.07, 6.45) is 4.98. The van der Waals surface area contributed by atoms with Gasteiger partial charge in [0.2, 0.25) is 0 Å². The van der Waals surface area contributed by atoms with Crippen molar-refractivity contribution in [1.29, 1.82) is 0 Å². The molecule has 2 aromatic carbocycles. The topological polar surface area (TPSA) is 46.9 Å². The molecule has 1 N–H and O–H groups in total. The molecule has 0 aliphatic heterocycles. The average molecular weight is 382 g/mol. The molecular formula is C20H13Cl2N3O. The first-order valence-corrected chi connectivity index (χ1v) is 8.66. The molecule has 2 heterocycles.